The third-order valence-electron chi connectivity index (χ3n) is 4.11. The number of carbonyl (C=O) groups is 1. The number of rotatable bonds is 5. The van der Waals surface area contributed by atoms with Crippen LogP contribution in [-0.2, 0) is 4.79 Å². The number of hydrogen-bond acceptors (Lipinski definition) is 1. The molecule has 0 aliphatic heterocycles. The predicted molar refractivity (Wildman–Crippen MR) is 80.4 cm³/mol. The van der Waals surface area contributed by atoms with Crippen molar-refractivity contribution in [2.24, 2.45) is 5.92 Å². The highest BCUT2D eigenvalue weighted by Crippen LogP contribution is 2.29. The third-order valence-corrected chi connectivity index (χ3v) is 4.11. The van der Waals surface area contributed by atoms with Gasteiger partial charge in [0.15, 0.2) is 0 Å². The summed E-state index contributed by atoms with van der Waals surface area (Å²) in [5.74, 6) is 1.39. The highest BCUT2D eigenvalue weighted by molar-refractivity contribution is 5.91. The molecular weight excluding hydrogens is 234 g/mol. The van der Waals surface area contributed by atoms with Crippen LogP contribution in [0.4, 0.5) is 5.69 Å². The maximum absolute atomic E-state index is 12.0. The fourth-order valence-corrected chi connectivity index (χ4v) is 2.96. The highest BCUT2D eigenvalue weighted by atomic mass is 16.1. The summed E-state index contributed by atoms with van der Waals surface area (Å²) in [5, 5.41) is 3.08. The Labute approximate surface area is 116 Å². The molecule has 0 radical (unpaired) electrons. The van der Waals surface area contributed by atoms with Crippen LogP contribution in [0.15, 0.2) is 24.3 Å². The Kier molecular flexibility index (Phi) is 5.00. The van der Waals surface area contributed by atoms with Crippen LogP contribution in [0.2, 0.25) is 0 Å². The van der Waals surface area contributed by atoms with Crippen molar-refractivity contribution < 1.29 is 4.79 Å². The van der Waals surface area contributed by atoms with E-state index in [4.69, 9.17) is 0 Å². The summed E-state index contributed by atoms with van der Waals surface area (Å²) < 4.78 is 0. The summed E-state index contributed by atoms with van der Waals surface area (Å²) >= 11 is 0. The molecular formula is C17H25NO. The summed E-state index contributed by atoms with van der Waals surface area (Å²) in [6.07, 6.45) is 7.05. The minimum absolute atomic E-state index is 0.167. The van der Waals surface area contributed by atoms with Gasteiger partial charge in [0.05, 0.1) is 0 Å². The maximum Gasteiger partial charge on any atom is 0.224 e. The molecule has 0 heterocycles. The van der Waals surface area contributed by atoms with Crippen molar-refractivity contribution in [1.82, 2.24) is 0 Å². The van der Waals surface area contributed by atoms with Gasteiger partial charge in [-0.3, -0.25) is 4.79 Å². The molecule has 104 valence electrons. The van der Waals surface area contributed by atoms with E-state index in [1.807, 2.05) is 18.2 Å². The van der Waals surface area contributed by atoms with Gasteiger partial charge in [0.2, 0.25) is 5.91 Å². The molecule has 0 aromatic heterocycles. The third kappa shape index (κ3) is 4.09. The molecule has 2 heteroatoms. The van der Waals surface area contributed by atoms with E-state index < -0.39 is 0 Å². The van der Waals surface area contributed by atoms with E-state index in [1.165, 1.54) is 31.2 Å². The number of hydrogen-bond donors (Lipinski definition) is 1. The number of anilines is 1. The van der Waals surface area contributed by atoms with Crippen molar-refractivity contribution in [3.63, 3.8) is 0 Å². The van der Waals surface area contributed by atoms with E-state index in [2.05, 4.69) is 25.2 Å². The second kappa shape index (κ2) is 6.74. The minimum Gasteiger partial charge on any atom is -0.326 e. The Balaban J connectivity index is 1.87. The van der Waals surface area contributed by atoms with E-state index >= 15 is 0 Å². The molecule has 1 aliphatic rings. The van der Waals surface area contributed by atoms with Crippen LogP contribution in [0.1, 0.15) is 63.9 Å². The van der Waals surface area contributed by atoms with Crippen LogP contribution >= 0.6 is 0 Å². The molecule has 0 saturated heterocycles. The molecule has 19 heavy (non-hydrogen) atoms. The van der Waals surface area contributed by atoms with Crippen molar-refractivity contribution in [3.05, 3.63) is 29.8 Å². The van der Waals surface area contributed by atoms with E-state index in [9.17, 15) is 4.79 Å². The first-order valence-corrected chi connectivity index (χ1v) is 7.55. The first kappa shape index (κ1) is 14.1. The Hall–Kier alpha value is -1.31. The zero-order valence-electron chi connectivity index (χ0n) is 12.1. The average Bonchev–Trinajstić information content (AvgIpc) is 2.90. The van der Waals surface area contributed by atoms with Gasteiger partial charge in [-0.2, -0.15) is 0 Å². The van der Waals surface area contributed by atoms with Gasteiger partial charge in [-0.05, 0) is 29.9 Å². The molecule has 0 bridgehead atoms. The smallest absolute Gasteiger partial charge is 0.224 e. The summed E-state index contributed by atoms with van der Waals surface area (Å²) in [6, 6.07) is 8.11. The second-order valence-corrected chi connectivity index (χ2v) is 5.98. The van der Waals surface area contributed by atoms with E-state index in [1.54, 1.807) is 0 Å². The lowest BCUT2D eigenvalue weighted by Gasteiger charge is -2.14. The molecule has 1 aromatic carbocycles. The Morgan fingerprint density at radius 1 is 1.26 bits per heavy atom. The highest BCUT2D eigenvalue weighted by Gasteiger charge is 2.16. The normalized spacial score (nSPS) is 15.9. The molecule has 0 unspecified atom stereocenters. The van der Waals surface area contributed by atoms with Gasteiger partial charge in [0.1, 0.15) is 0 Å². The van der Waals surface area contributed by atoms with Crippen LogP contribution in [0.25, 0.3) is 0 Å². The molecule has 1 fully saturated rings. The molecule has 2 nitrogen and oxygen atoms in total. The molecule has 0 spiro atoms. The van der Waals surface area contributed by atoms with Gasteiger partial charge < -0.3 is 5.32 Å². The van der Waals surface area contributed by atoms with E-state index in [0.29, 0.717) is 12.3 Å². The lowest BCUT2D eigenvalue weighted by molar-refractivity contribution is -0.116. The number of nitrogens with one attached hydrogen (secondary N) is 1. The van der Waals surface area contributed by atoms with Crippen molar-refractivity contribution >= 4 is 11.6 Å². The summed E-state index contributed by atoms with van der Waals surface area (Å²) in [4.78, 5) is 12.0. The van der Waals surface area contributed by atoms with Crippen molar-refractivity contribution in [1.29, 1.82) is 0 Å². The van der Waals surface area contributed by atoms with Gasteiger partial charge in [-0.1, -0.05) is 57.7 Å². The number of amides is 1. The van der Waals surface area contributed by atoms with Gasteiger partial charge in [0, 0.05) is 12.1 Å². The molecule has 1 amide bonds. The SMILES string of the molecule is CC(C)c1ccccc1NC(=O)CCC1CCCC1. The quantitative estimate of drug-likeness (QED) is 0.814. The van der Waals surface area contributed by atoms with Crippen LogP contribution in [0.5, 0.6) is 0 Å². The zero-order valence-corrected chi connectivity index (χ0v) is 12.1. The van der Waals surface area contributed by atoms with Gasteiger partial charge in [-0.15, -0.1) is 0 Å². The Bertz CT molecular complexity index is 419. The topological polar surface area (TPSA) is 29.1 Å². The molecule has 0 atom stereocenters. The second-order valence-electron chi connectivity index (χ2n) is 5.98. The molecule has 2 rings (SSSR count). The fraction of sp³-hybridized carbons (Fsp3) is 0.588. The van der Waals surface area contributed by atoms with Crippen LogP contribution in [0.3, 0.4) is 0 Å². The van der Waals surface area contributed by atoms with Crippen molar-refractivity contribution in [3.8, 4) is 0 Å². The number of carbonyl (C=O) groups excluding carboxylic acids is 1. The summed E-state index contributed by atoms with van der Waals surface area (Å²) in [7, 11) is 0. The van der Waals surface area contributed by atoms with Gasteiger partial charge in [-0.25, -0.2) is 0 Å². The Morgan fingerprint density at radius 3 is 2.63 bits per heavy atom. The standard InChI is InChI=1S/C17H25NO/c1-13(2)15-9-5-6-10-16(15)18-17(19)12-11-14-7-3-4-8-14/h5-6,9-10,13-14H,3-4,7-8,11-12H2,1-2H3,(H,18,19). The monoisotopic (exact) mass is 259 g/mol. The lowest BCUT2D eigenvalue weighted by atomic mass is 10.00. The van der Waals surface area contributed by atoms with E-state index in [0.717, 1.165) is 18.0 Å². The summed E-state index contributed by atoms with van der Waals surface area (Å²) in [6.45, 7) is 4.31. The summed E-state index contributed by atoms with van der Waals surface area (Å²) in [5.41, 5.74) is 2.20. The molecule has 1 saturated carbocycles. The van der Waals surface area contributed by atoms with Crippen molar-refractivity contribution in [2.75, 3.05) is 5.32 Å². The maximum atomic E-state index is 12.0. The zero-order chi connectivity index (χ0) is 13.7. The first-order chi connectivity index (χ1) is 9.16. The minimum atomic E-state index is 0.167. The average molecular weight is 259 g/mol. The lowest BCUT2D eigenvalue weighted by Crippen LogP contribution is -2.14. The first-order valence-electron chi connectivity index (χ1n) is 7.55. The molecule has 1 aromatic rings. The largest absolute Gasteiger partial charge is 0.326 e. The van der Waals surface area contributed by atoms with E-state index in [-0.39, 0.29) is 5.91 Å². The fourth-order valence-electron chi connectivity index (χ4n) is 2.96. The number of para-hydroxylation sites is 1. The number of benzene rings is 1. The predicted octanol–water partition coefficient (Wildman–Crippen LogP) is 4.72. The van der Waals surface area contributed by atoms with Crippen LogP contribution in [-0.4, -0.2) is 5.91 Å². The molecule has 1 N–H and O–H groups in total. The van der Waals surface area contributed by atoms with Gasteiger partial charge in [0.25, 0.3) is 0 Å². The van der Waals surface area contributed by atoms with Crippen LogP contribution in [0, 0.1) is 5.92 Å². The van der Waals surface area contributed by atoms with Crippen molar-refractivity contribution in [2.45, 2.75) is 58.3 Å². The molecule has 1 aliphatic carbocycles. The Morgan fingerprint density at radius 2 is 1.95 bits per heavy atom. The van der Waals surface area contributed by atoms with Gasteiger partial charge >= 0.3 is 0 Å². The van der Waals surface area contributed by atoms with Crippen LogP contribution < -0.4 is 5.32 Å².